The molecule has 0 aliphatic carbocycles. The monoisotopic (exact) mass is 443 g/mol. The first-order chi connectivity index (χ1) is 14.5. The topological polar surface area (TPSA) is 65.2 Å². The number of nitrogens with zero attached hydrogens (tertiary/aromatic N) is 1. The summed E-state index contributed by atoms with van der Waals surface area (Å²) in [5.74, 6) is 0.330. The Morgan fingerprint density at radius 2 is 1.70 bits per heavy atom. The van der Waals surface area contributed by atoms with Crippen LogP contribution < -0.4 is 5.32 Å². The second-order valence-electron chi connectivity index (χ2n) is 7.76. The molecule has 2 amide bonds. The van der Waals surface area contributed by atoms with Crippen LogP contribution in [0.4, 0.5) is 0 Å². The molecule has 7 heteroatoms. The summed E-state index contributed by atoms with van der Waals surface area (Å²) in [6, 6.07) is 14.8. The summed E-state index contributed by atoms with van der Waals surface area (Å²) < 4.78 is 0. The summed E-state index contributed by atoms with van der Waals surface area (Å²) in [4.78, 5) is 30.2. The van der Waals surface area contributed by atoms with Gasteiger partial charge in [-0.2, -0.15) is 0 Å². The van der Waals surface area contributed by atoms with Crippen molar-refractivity contribution in [1.82, 2.24) is 15.2 Å². The molecule has 4 rings (SSSR count). The van der Waals surface area contributed by atoms with Crippen molar-refractivity contribution < 1.29 is 9.59 Å². The third-order valence-corrected chi connectivity index (χ3v) is 6.08. The number of fused-ring (bicyclic) bond motifs is 1. The molecule has 0 atom stereocenters. The molecule has 30 heavy (non-hydrogen) atoms. The minimum absolute atomic E-state index is 0.00652. The average molecular weight is 444 g/mol. The maximum absolute atomic E-state index is 12.8. The number of hydrogen-bond donors (Lipinski definition) is 2. The number of amides is 2. The minimum Gasteiger partial charge on any atom is -0.352 e. The van der Waals surface area contributed by atoms with Gasteiger partial charge in [-0.15, -0.1) is 0 Å². The van der Waals surface area contributed by atoms with Gasteiger partial charge in [0.2, 0.25) is 5.91 Å². The zero-order valence-electron chi connectivity index (χ0n) is 16.5. The van der Waals surface area contributed by atoms with Crippen LogP contribution in [0, 0.1) is 5.92 Å². The third-order valence-electron chi connectivity index (χ3n) is 5.59. The van der Waals surface area contributed by atoms with Gasteiger partial charge in [0.1, 0.15) is 5.69 Å². The summed E-state index contributed by atoms with van der Waals surface area (Å²) in [5.41, 5.74) is 2.49. The van der Waals surface area contributed by atoms with Gasteiger partial charge < -0.3 is 15.2 Å². The van der Waals surface area contributed by atoms with Crippen molar-refractivity contribution in [2.24, 2.45) is 5.92 Å². The van der Waals surface area contributed by atoms with E-state index in [2.05, 4.69) is 10.3 Å². The van der Waals surface area contributed by atoms with Crippen LogP contribution in [0.1, 0.15) is 35.3 Å². The van der Waals surface area contributed by atoms with E-state index in [1.165, 1.54) is 0 Å². The summed E-state index contributed by atoms with van der Waals surface area (Å²) in [6.45, 7) is 1.81. The van der Waals surface area contributed by atoms with Crippen molar-refractivity contribution in [3.05, 3.63) is 69.8 Å². The number of H-pyrrole nitrogens is 1. The third kappa shape index (κ3) is 4.97. The first-order valence-electron chi connectivity index (χ1n) is 10.1. The Labute approximate surface area is 185 Å². The normalized spacial score (nSPS) is 14.8. The van der Waals surface area contributed by atoms with Crippen molar-refractivity contribution in [3.8, 4) is 0 Å². The molecule has 1 fully saturated rings. The molecule has 1 saturated heterocycles. The maximum Gasteiger partial charge on any atom is 0.270 e. The maximum atomic E-state index is 12.8. The largest absolute Gasteiger partial charge is 0.352 e. The molecule has 0 bridgehead atoms. The summed E-state index contributed by atoms with van der Waals surface area (Å²) in [5, 5.41) is 5.23. The van der Waals surface area contributed by atoms with Crippen LogP contribution in [0.15, 0.2) is 48.5 Å². The number of carbonyl (C=O) groups excluding carboxylic acids is 2. The molecule has 2 heterocycles. The van der Waals surface area contributed by atoms with Crippen LogP contribution >= 0.6 is 23.2 Å². The lowest BCUT2D eigenvalue weighted by Gasteiger charge is -2.31. The Balaban J connectivity index is 1.26. The lowest BCUT2D eigenvalue weighted by Crippen LogP contribution is -2.39. The highest BCUT2D eigenvalue weighted by Crippen LogP contribution is 2.24. The number of benzene rings is 2. The first kappa shape index (κ1) is 20.8. The van der Waals surface area contributed by atoms with E-state index < -0.39 is 0 Å². The number of nitrogens with one attached hydrogen (secondary N) is 2. The molecule has 2 aromatic carbocycles. The number of aromatic nitrogens is 1. The van der Waals surface area contributed by atoms with Gasteiger partial charge in [0.05, 0.1) is 0 Å². The Morgan fingerprint density at radius 3 is 2.43 bits per heavy atom. The van der Waals surface area contributed by atoms with Crippen LogP contribution in [-0.4, -0.2) is 34.8 Å². The smallest absolute Gasteiger partial charge is 0.270 e. The van der Waals surface area contributed by atoms with Crippen molar-refractivity contribution in [2.45, 2.75) is 25.8 Å². The number of halogens is 2. The fourth-order valence-corrected chi connectivity index (χ4v) is 4.17. The first-order valence-corrected chi connectivity index (χ1v) is 10.8. The molecule has 5 nitrogen and oxygen atoms in total. The van der Waals surface area contributed by atoms with Crippen LogP contribution in [0.25, 0.3) is 10.9 Å². The molecule has 2 N–H and O–H groups in total. The minimum atomic E-state index is -0.00652. The summed E-state index contributed by atoms with van der Waals surface area (Å²) >= 11 is 11.9. The Hall–Kier alpha value is -2.50. The fraction of sp³-hybridized carbons (Fsp3) is 0.304. The van der Waals surface area contributed by atoms with E-state index >= 15 is 0 Å². The second kappa shape index (κ2) is 9.11. The van der Waals surface area contributed by atoms with Crippen LogP contribution in [0.3, 0.4) is 0 Å². The van der Waals surface area contributed by atoms with Gasteiger partial charge >= 0.3 is 0 Å². The molecular formula is C23H23Cl2N3O2. The predicted molar refractivity (Wildman–Crippen MR) is 120 cm³/mol. The van der Waals surface area contributed by atoms with E-state index in [-0.39, 0.29) is 11.8 Å². The quantitative estimate of drug-likeness (QED) is 0.580. The van der Waals surface area contributed by atoms with Gasteiger partial charge in [-0.05, 0) is 60.7 Å². The van der Waals surface area contributed by atoms with Gasteiger partial charge in [0.25, 0.3) is 5.91 Å². The van der Waals surface area contributed by atoms with Gasteiger partial charge in [-0.3, -0.25) is 9.59 Å². The van der Waals surface area contributed by atoms with E-state index in [1.54, 1.807) is 6.07 Å². The van der Waals surface area contributed by atoms with Gasteiger partial charge in [0.15, 0.2) is 0 Å². The molecule has 0 unspecified atom stereocenters. The van der Waals surface area contributed by atoms with Gasteiger partial charge in [-0.25, -0.2) is 0 Å². The van der Waals surface area contributed by atoms with Crippen LogP contribution in [0.5, 0.6) is 0 Å². The SMILES string of the molecule is O=C(CC1CCN(C(=O)c2cc3cc(Cl)ccc3[nH]2)CC1)NCc1ccc(Cl)cc1. The molecule has 3 aromatic rings. The Morgan fingerprint density at radius 1 is 1.00 bits per heavy atom. The standard InChI is InChI=1S/C23H23Cl2N3O2/c24-18-3-1-16(2-4-18)14-26-22(29)11-15-7-9-28(10-8-15)23(30)21-13-17-12-19(25)5-6-20(17)27-21/h1-6,12-13,15,27H,7-11,14H2,(H,26,29). The van der Waals surface area contributed by atoms with E-state index in [0.717, 1.165) is 29.3 Å². The number of likely N-dealkylation sites (tertiary alicyclic amines) is 1. The van der Waals surface area contributed by atoms with Gasteiger partial charge in [-0.1, -0.05) is 35.3 Å². The Bertz CT molecular complexity index is 1050. The zero-order chi connectivity index (χ0) is 21.1. The molecule has 1 aromatic heterocycles. The highest BCUT2D eigenvalue weighted by molar-refractivity contribution is 6.31. The average Bonchev–Trinajstić information content (AvgIpc) is 3.16. The van der Waals surface area contributed by atoms with E-state index in [1.807, 2.05) is 47.4 Å². The van der Waals surface area contributed by atoms with Gasteiger partial charge in [0, 0.05) is 47.0 Å². The van der Waals surface area contributed by atoms with Crippen molar-refractivity contribution in [3.63, 3.8) is 0 Å². The van der Waals surface area contributed by atoms with E-state index in [0.29, 0.717) is 47.7 Å². The highest BCUT2D eigenvalue weighted by atomic mass is 35.5. The van der Waals surface area contributed by atoms with Crippen LogP contribution in [0.2, 0.25) is 10.0 Å². The van der Waals surface area contributed by atoms with E-state index in [4.69, 9.17) is 23.2 Å². The van der Waals surface area contributed by atoms with Crippen molar-refractivity contribution in [2.75, 3.05) is 13.1 Å². The predicted octanol–water partition coefficient (Wildman–Crippen LogP) is 5.03. The second-order valence-corrected chi connectivity index (χ2v) is 8.63. The summed E-state index contributed by atoms with van der Waals surface area (Å²) in [6.07, 6.45) is 2.14. The van der Waals surface area contributed by atoms with Crippen molar-refractivity contribution >= 4 is 45.9 Å². The highest BCUT2D eigenvalue weighted by Gasteiger charge is 2.26. The lowest BCUT2D eigenvalue weighted by molar-refractivity contribution is -0.122. The number of rotatable bonds is 5. The fourth-order valence-electron chi connectivity index (χ4n) is 3.87. The number of piperidine rings is 1. The van der Waals surface area contributed by atoms with Crippen molar-refractivity contribution in [1.29, 1.82) is 0 Å². The van der Waals surface area contributed by atoms with Crippen LogP contribution in [-0.2, 0) is 11.3 Å². The molecular weight excluding hydrogens is 421 g/mol. The Kier molecular flexibility index (Phi) is 6.30. The molecule has 0 spiro atoms. The molecule has 0 radical (unpaired) electrons. The number of carbonyl (C=O) groups is 2. The number of hydrogen-bond acceptors (Lipinski definition) is 2. The van der Waals surface area contributed by atoms with E-state index in [9.17, 15) is 9.59 Å². The lowest BCUT2D eigenvalue weighted by atomic mass is 9.93. The zero-order valence-corrected chi connectivity index (χ0v) is 18.0. The summed E-state index contributed by atoms with van der Waals surface area (Å²) in [7, 11) is 0. The molecule has 1 aliphatic heterocycles. The number of aromatic amines is 1. The molecule has 1 aliphatic rings. The molecule has 156 valence electrons. The molecule has 0 saturated carbocycles.